The van der Waals surface area contributed by atoms with E-state index < -0.39 is 17.4 Å². The number of nitrogens with one attached hydrogen (secondary N) is 2. The number of rotatable bonds is 4. The summed E-state index contributed by atoms with van der Waals surface area (Å²) >= 11 is 0. The second-order valence-electron chi connectivity index (χ2n) is 8.95. The van der Waals surface area contributed by atoms with Gasteiger partial charge in [-0.1, -0.05) is 39.0 Å². The van der Waals surface area contributed by atoms with Gasteiger partial charge in [0.05, 0.1) is 11.8 Å². The fourth-order valence-electron chi connectivity index (χ4n) is 5.33. The van der Waals surface area contributed by atoms with Gasteiger partial charge in [0.15, 0.2) is 0 Å². The van der Waals surface area contributed by atoms with Gasteiger partial charge < -0.3 is 5.32 Å². The first-order valence-electron chi connectivity index (χ1n) is 10.3. The molecule has 1 aromatic carbocycles. The summed E-state index contributed by atoms with van der Waals surface area (Å²) in [5.74, 6) is -1.41. The molecule has 4 rings (SSSR count). The van der Waals surface area contributed by atoms with Crippen molar-refractivity contribution in [2.24, 2.45) is 17.8 Å². The van der Waals surface area contributed by atoms with E-state index in [4.69, 9.17) is 0 Å². The molecule has 6 nitrogen and oxygen atoms in total. The van der Waals surface area contributed by atoms with Crippen LogP contribution in [0.15, 0.2) is 18.2 Å². The highest BCUT2D eigenvalue weighted by Gasteiger charge is 2.70. The third kappa shape index (κ3) is 2.33. The van der Waals surface area contributed by atoms with Gasteiger partial charge in [-0.3, -0.25) is 24.6 Å². The molecular weight excluding hydrogens is 354 g/mol. The number of hydrogen-bond donors (Lipinski definition) is 2. The Hall–Kier alpha value is -2.21. The number of likely N-dealkylation sites (tertiary alicyclic amines) is 1. The van der Waals surface area contributed by atoms with Gasteiger partial charge in [-0.25, -0.2) is 0 Å². The number of carbonyl (C=O) groups excluding carboxylic acids is 3. The van der Waals surface area contributed by atoms with Crippen LogP contribution < -0.4 is 10.6 Å². The molecule has 28 heavy (non-hydrogen) atoms. The van der Waals surface area contributed by atoms with E-state index in [1.54, 1.807) is 0 Å². The number of amides is 3. The molecule has 5 atom stereocenters. The number of benzene rings is 1. The van der Waals surface area contributed by atoms with Crippen LogP contribution in [0.2, 0.25) is 0 Å². The van der Waals surface area contributed by atoms with Crippen molar-refractivity contribution in [1.82, 2.24) is 10.2 Å². The molecule has 1 spiro atoms. The molecule has 2 fully saturated rings. The average molecular weight is 383 g/mol. The first kappa shape index (κ1) is 19.1. The molecule has 0 radical (unpaired) electrons. The van der Waals surface area contributed by atoms with Crippen molar-refractivity contribution in [3.8, 4) is 0 Å². The maximum atomic E-state index is 13.5. The number of anilines is 1. The Balaban J connectivity index is 1.89. The van der Waals surface area contributed by atoms with E-state index in [0.29, 0.717) is 12.3 Å². The first-order valence-corrected chi connectivity index (χ1v) is 10.3. The first-order chi connectivity index (χ1) is 13.2. The van der Waals surface area contributed by atoms with Gasteiger partial charge in [0.25, 0.3) is 0 Å². The topological polar surface area (TPSA) is 78.5 Å². The Morgan fingerprint density at radius 3 is 2.50 bits per heavy atom. The van der Waals surface area contributed by atoms with E-state index in [0.717, 1.165) is 23.2 Å². The van der Waals surface area contributed by atoms with E-state index in [9.17, 15) is 14.4 Å². The number of fused-ring (bicyclic) bond motifs is 4. The van der Waals surface area contributed by atoms with Gasteiger partial charge in [0, 0.05) is 23.3 Å². The molecule has 3 amide bonds. The maximum Gasteiger partial charge on any atom is 0.250 e. The zero-order valence-corrected chi connectivity index (χ0v) is 17.2. The molecule has 3 heterocycles. The SMILES string of the molecule is CCC(C)N1C(=O)C2C(CC(C)C)NC3(C(=O)Nc4c(C)cccc43)C2C1=O. The summed E-state index contributed by atoms with van der Waals surface area (Å²) in [6, 6.07) is 5.40. The molecule has 2 saturated heterocycles. The van der Waals surface area contributed by atoms with Crippen LogP contribution in [0.4, 0.5) is 5.69 Å². The van der Waals surface area contributed by atoms with Gasteiger partial charge in [-0.2, -0.15) is 0 Å². The minimum atomic E-state index is -1.17. The number of imide groups is 1. The number of carbonyl (C=O) groups is 3. The summed E-state index contributed by atoms with van der Waals surface area (Å²) in [6.45, 7) is 10.0. The van der Waals surface area contributed by atoms with E-state index in [1.165, 1.54) is 4.90 Å². The van der Waals surface area contributed by atoms with E-state index >= 15 is 0 Å². The zero-order valence-electron chi connectivity index (χ0n) is 17.2. The third-order valence-electron chi connectivity index (χ3n) is 6.75. The predicted octanol–water partition coefficient (Wildman–Crippen LogP) is 2.56. The molecule has 3 aliphatic rings. The molecule has 2 N–H and O–H groups in total. The van der Waals surface area contributed by atoms with Gasteiger partial charge >= 0.3 is 0 Å². The van der Waals surface area contributed by atoms with Crippen LogP contribution in [0.5, 0.6) is 0 Å². The average Bonchev–Trinajstić information content (AvgIpc) is 3.21. The van der Waals surface area contributed by atoms with E-state index in [2.05, 4.69) is 24.5 Å². The fourth-order valence-corrected chi connectivity index (χ4v) is 5.33. The summed E-state index contributed by atoms with van der Waals surface area (Å²) < 4.78 is 0. The number of hydrogen-bond acceptors (Lipinski definition) is 4. The summed E-state index contributed by atoms with van der Waals surface area (Å²) in [5, 5.41) is 6.49. The summed E-state index contributed by atoms with van der Waals surface area (Å²) in [6.07, 6.45) is 1.44. The van der Waals surface area contributed by atoms with Crippen LogP contribution in [0.3, 0.4) is 0 Å². The fraction of sp³-hybridized carbons (Fsp3) is 0.591. The number of aryl methyl sites for hydroxylation is 1. The number of para-hydroxylation sites is 1. The van der Waals surface area contributed by atoms with Crippen molar-refractivity contribution < 1.29 is 14.4 Å². The zero-order chi connectivity index (χ0) is 20.4. The van der Waals surface area contributed by atoms with Crippen LogP contribution in [-0.2, 0) is 19.9 Å². The van der Waals surface area contributed by atoms with Crippen molar-refractivity contribution in [3.05, 3.63) is 29.3 Å². The molecule has 0 aliphatic carbocycles. The summed E-state index contributed by atoms with van der Waals surface area (Å²) in [7, 11) is 0. The minimum absolute atomic E-state index is 0.131. The van der Waals surface area contributed by atoms with Crippen molar-refractivity contribution in [1.29, 1.82) is 0 Å². The van der Waals surface area contributed by atoms with Crippen LogP contribution in [0, 0.1) is 24.7 Å². The quantitative estimate of drug-likeness (QED) is 0.784. The van der Waals surface area contributed by atoms with Crippen molar-refractivity contribution >= 4 is 23.4 Å². The van der Waals surface area contributed by atoms with Crippen molar-refractivity contribution in [2.75, 3.05) is 5.32 Å². The molecule has 150 valence electrons. The van der Waals surface area contributed by atoms with Crippen LogP contribution in [0.1, 0.15) is 51.7 Å². The Labute approximate surface area is 166 Å². The highest BCUT2D eigenvalue weighted by atomic mass is 16.2. The Kier molecular flexibility index (Phi) is 4.38. The maximum absolute atomic E-state index is 13.5. The summed E-state index contributed by atoms with van der Waals surface area (Å²) in [4.78, 5) is 41.6. The third-order valence-corrected chi connectivity index (χ3v) is 6.75. The number of nitrogens with zero attached hydrogens (tertiary/aromatic N) is 1. The molecular formula is C22H29N3O3. The van der Waals surface area contributed by atoms with Gasteiger partial charge in [0.1, 0.15) is 5.54 Å². The summed E-state index contributed by atoms with van der Waals surface area (Å²) in [5.41, 5.74) is 1.36. The van der Waals surface area contributed by atoms with Crippen LogP contribution in [0.25, 0.3) is 0 Å². The second kappa shape index (κ2) is 6.41. The van der Waals surface area contributed by atoms with Gasteiger partial charge in [0.2, 0.25) is 17.7 Å². The molecule has 5 unspecified atom stereocenters. The standard InChI is InChI=1S/C22H29N3O3/c1-6-13(5)25-19(26)16-15(10-11(2)3)24-22(17(16)20(25)27)14-9-7-8-12(4)18(14)23-21(22)28/h7-9,11,13,15-17,24H,6,10H2,1-5H3,(H,23,28). The van der Waals surface area contributed by atoms with Crippen LogP contribution in [-0.4, -0.2) is 34.7 Å². The Morgan fingerprint density at radius 1 is 1.14 bits per heavy atom. The predicted molar refractivity (Wildman–Crippen MR) is 106 cm³/mol. The Morgan fingerprint density at radius 2 is 1.86 bits per heavy atom. The van der Waals surface area contributed by atoms with Crippen molar-refractivity contribution in [3.63, 3.8) is 0 Å². The van der Waals surface area contributed by atoms with Gasteiger partial charge in [-0.15, -0.1) is 0 Å². The second-order valence-corrected chi connectivity index (χ2v) is 8.95. The van der Waals surface area contributed by atoms with E-state index in [-0.39, 0.29) is 29.8 Å². The normalized spacial score (nSPS) is 32.3. The molecule has 0 bridgehead atoms. The van der Waals surface area contributed by atoms with E-state index in [1.807, 2.05) is 39.0 Å². The van der Waals surface area contributed by atoms with Crippen molar-refractivity contribution in [2.45, 2.75) is 65.1 Å². The van der Waals surface area contributed by atoms with Gasteiger partial charge in [-0.05, 0) is 38.2 Å². The Bertz CT molecular complexity index is 865. The monoisotopic (exact) mass is 383 g/mol. The largest absolute Gasteiger partial charge is 0.324 e. The smallest absolute Gasteiger partial charge is 0.250 e. The molecule has 0 aromatic heterocycles. The molecule has 1 aromatic rings. The highest BCUT2D eigenvalue weighted by Crippen LogP contribution is 2.54. The highest BCUT2D eigenvalue weighted by molar-refractivity contribution is 6.15. The lowest BCUT2D eigenvalue weighted by atomic mass is 9.76. The molecule has 6 heteroatoms. The lowest BCUT2D eigenvalue weighted by molar-refractivity contribution is -0.145. The lowest BCUT2D eigenvalue weighted by Gasteiger charge is -2.31. The lowest BCUT2D eigenvalue weighted by Crippen LogP contribution is -2.54. The molecule has 0 saturated carbocycles. The van der Waals surface area contributed by atoms with Crippen LogP contribution >= 0.6 is 0 Å². The minimum Gasteiger partial charge on any atom is -0.324 e. The molecule has 3 aliphatic heterocycles.